The van der Waals surface area contributed by atoms with Gasteiger partial charge in [0.1, 0.15) is 6.04 Å². The van der Waals surface area contributed by atoms with Crippen LogP contribution in [-0.4, -0.2) is 39.0 Å². The average molecular weight is 397 g/mol. The Morgan fingerprint density at radius 1 is 1.21 bits per heavy atom. The van der Waals surface area contributed by atoms with Crippen molar-refractivity contribution in [1.82, 2.24) is 10.3 Å². The molecule has 0 aliphatic carbocycles. The lowest BCUT2D eigenvalue weighted by Gasteiger charge is -2.32. The Morgan fingerprint density at radius 2 is 1.97 bits per heavy atom. The van der Waals surface area contributed by atoms with Gasteiger partial charge in [-0.05, 0) is 30.0 Å². The van der Waals surface area contributed by atoms with Gasteiger partial charge >= 0.3 is 0 Å². The standard InChI is InChI=1S/C19H19N5O5/c20-8-9-23(21)19(28,29)12-4-5-13-16-10(12)2-1-3-11(16)18(27)24(13)14-6-7-15(25)22-17(14)26/h1-5,8-9,14,28-29H,6-7,20-21H2,(H,22,25,26)/b9-8-. The molecular formula is C19H19N5O5. The van der Waals surface area contributed by atoms with Crippen LogP contribution in [-0.2, 0) is 15.5 Å². The van der Waals surface area contributed by atoms with E-state index in [0.717, 1.165) is 12.4 Å². The molecule has 150 valence electrons. The summed E-state index contributed by atoms with van der Waals surface area (Å²) in [5, 5.41) is 24.9. The summed E-state index contributed by atoms with van der Waals surface area (Å²) in [7, 11) is 0. The number of nitrogens with one attached hydrogen (secondary N) is 1. The Morgan fingerprint density at radius 3 is 2.66 bits per heavy atom. The normalized spacial score (nSPS) is 19.3. The van der Waals surface area contributed by atoms with E-state index in [1.54, 1.807) is 18.2 Å². The number of nitrogens with two attached hydrogens (primary N) is 2. The first-order chi connectivity index (χ1) is 13.8. The van der Waals surface area contributed by atoms with Crippen molar-refractivity contribution in [1.29, 1.82) is 0 Å². The first-order valence-electron chi connectivity index (χ1n) is 8.88. The second kappa shape index (κ2) is 6.55. The van der Waals surface area contributed by atoms with Gasteiger partial charge in [-0.2, -0.15) is 0 Å². The number of carbonyl (C=O) groups excluding carboxylic acids is 3. The number of hydrogen-bond acceptors (Lipinski definition) is 8. The van der Waals surface area contributed by atoms with Gasteiger partial charge in [-0.3, -0.25) is 29.6 Å². The van der Waals surface area contributed by atoms with Gasteiger partial charge in [-0.1, -0.05) is 12.1 Å². The number of piperidine rings is 1. The number of benzene rings is 2. The fourth-order valence-corrected chi connectivity index (χ4v) is 3.87. The summed E-state index contributed by atoms with van der Waals surface area (Å²) in [5.41, 5.74) is 6.09. The van der Waals surface area contributed by atoms with Crippen molar-refractivity contribution in [3.05, 3.63) is 53.9 Å². The van der Waals surface area contributed by atoms with Crippen LogP contribution < -0.4 is 21.8 Å². The van der Waals surface area contributed by atoms with Gasteiger partial charge in [0.25, 0.3) is 11.8 Å². The number of imide groups is 1. The second-order valence-electron chi connectivity index (χ2n) is 6.89. The number of amides is 3. The lowest BCUT2D eigenvalue weighted by Crippen LogP contribution is -2.53. The van der Waals surface area contributed by atoms with E-state index in [2.05, 4.69) is 5.32 Å². The van der Waals surface area contributed by atoms with Gasteiger partial charge in [0.05, 0.1) is 5.69 Å². The highest BCUT2D eigenvalue weighted by Crippen LogP contribution is 2.43. The number of rotatable bonds is 4. The van der Waals surface area contributed by atoms with Crippen LogP contribution in [0.25, 0.3) is 10.8 Å². The Bertz CT molecular complexity index is 1080. The third kappa shape index (κ3) is 2.73. The first-order valence-corrected chi connectivity index (χ1v) is 8.88. The van der Waals surface area contributed by atoms with Crippen LogP contribution in [0, 0.1) is 0 Å². The topological polar surface area (TPSA) is 162 Å². The summed E-state index contributed by atoms with van der Waals surface area (Å²) < 4.78 is 0. The summed E-state index contributed by atoms with van der Waals surface area (Å²) in [6.07, 6.45) is 2.47. The van der Waals surface area contributed by atoms with Crippen LogP contribution in [0.2, 0.25) is 0 Å². The van der Waals surface area contributed by atoms with E-state index in [0.29, 0.717) is 27.0 Å². The van der Waals surface area contributed by atoms with Gasteiger partial charge in [0.15, 0.2) is 0 Å². The number of hydrazine groups is 1. The quantitative estimate of drug-likeness (QED) is 0.196. The maximum Gasteiger partial charge on any atom is 0.288 e. The van der Waals surface area contributed by atoms with Gasteiger partial charge < -0.3 is 15.9 Å². The molecule has 1 saturated heterocycles. The molecule has 0 saturated carbocycles. The van der Waals surface area contributed by atoms with E-state index < -0.39 is 23.8 Å². The molecule has 2 aromatic rings. The zero-order valence-electron chi connectivity index (χ0n) is 15.2. The molecule has 0 aromatic heterocycles. The maximum atomic E-state index is 13.1. The van der Waals surface area contributed by atoms with Crippen molar-refractivity contribution >= 4 is 34.2 Å². The molecule has 2 heterocycles. The number of hydrogen-bond donors (Lipinski definition) is 5. The average Bonchev–Trinajstić information content (AvgIpc) is 2.96. The summed E-state index contributed by atoms with van der Waals surface area (Å²) in [6.45, 7) is 0. The highest BCUT2D eigenvalue weighted by Gasteiger charge is 2.42. The molecule has 1 fully saturated rings. The van der Waals surface area contributed by atoms with Gasteiger partial charge in [0, 0.05) is 35.3 Å². The van der Waals surface area contributed by atoms with Gasteiger partial charge in [0.2, 0.25) is 11.8 Å². The molecule has 0 bridgehead atoms. The van der Waals surface area contributed by atoms with Crippen LogP contribution >= 0.6 is 0 Å². The summed E-state index contributed by atoms with van der Waals surface area (Å²) in [4.78, 5) is 38.2. The number of anilines is 1. The van der Waals surface area contributed by atoms with Crippen molar-refractivity contribution < 1.29 is 24.6 Å². The summed E-state index contributed by atoms with van der Waals surface area (Å²) in [6, 6.07) is 6.94. The van der Waals surface area contributed by atoms with Crippen LogP contribution in [0.5, 0.6) is 0 Å². The van der Waals surface area contributed by atoms with Gasteiger partial charge in [-0.25, -0.2) is 5.84 Å². The Kier molecular flexibility index (Phi) is 4.26. The Hall–Kier alpha value is -3.47. The second-order valence-corrected chi connectivity index (χ2v) is 6.89. The molecule has 7 N–H and O–H groups in total. The molecule has 2 aromatic carbocycles. The van der Waals surface area contributed by atoms with E-state index in [1.807, 2.05) is 0 Å². The van der Waals surface area contributed by atoms with Crippen LogP contribution in [0.3, 0.4) is 0 Å². The van der Waals surface area contributed by atoms with E-state index in [-0.39, 0.29) is 24.3 Å². The predicted octanol–water partition coefficient (Wildman–Crippen LogP) is -0.694. The van der Waals surface area contributed by atoms with Crippen molar-refractivity contribution in [2.24, 2.45) is 11.6 Å². The lowest BCUT2D eigenvalue weighted by atomic mass is 9.98. The van der Waals surface area contributed by atoms with E-state index in [4.69, 9.17) is 11.6 Å². The lowest BCUT2D eigenvalue weighted by molar-refractivity contribution is -0.260. The van der Waals surface area contributed by atoms with Gasteiger partial charge in [-0.15, -0.1) is 0 Å². The fraction of sp³-hybridized carbons (Fsp3) is 0.211. The molecule has 1 atom stereocenters. The smallest absolute Gasteiger partial charge is 0.288 e. The molecule has 3 amide bonds. The summed E-state index contributed by atoms with van der Waals surface area (Å²) >= 11 is 0. The van der Waals surface area contributed by atoms with Crippen LogP contribution in [0.4, 0.5) is 5.69 Å². The molecule has 0 radical (unpaired) electrons. The fourth-order valence-electron chi connectivity index (χ4n) is 3.87. The van der Waals surface area contributed by atoms with E-state index in [1.165, 1.54) is 17.0 Å². The highest BCUT2D eigenvalue weighted by atomic mass is 16.5. The molecule has 0 spiro atoms. The third-order valence-corrected chi connectivity index (χ3v) is 5.22. The minimum Gasteiger partial charge on any atom is -0.403 e. The minimum atomic E-state index is -2.60. The largest absolute Gasteiger partial charge is 0.403 e. The molecular weight excluding hydrogens is 378 g/mol. The number of carbonyl (C=O) groups is 3. The zero-order valence-corrected chi connectivity index (χ0v) is 15.2. The number of aliphatic hydroxyl groups is 2. The highest BCUT2D eigenvalue weighted by molar-refractivity contribution is 6.27. The van der Waals surface area contributed by atoms with Crippen LogP contribution in [0.15, 0.2) is 42.7 Å². The van der Waals surface area contributed by atoms with E-state index >= 15 is 0 Å². The first kappa shape index (κ1) is 18.9. The third-order valence-electron chi connectivity index (χ3n) is 5.22. The van der Waals surface area contributed by atoms with E-state index in [9.17, 15) is 24.6 Å². The van der Waals surface area contributed by atoms with Crippen LogP contribution in [0.1, 0.15) is 28.8 Å². The molecule has 1 unspecified atom stereocenters. The predicted molar refractivity (Wildman–Crippen MR) is 102 cm³/mol. The minimum absolute atomic E-state index is 0.0385. The van der Waals surface area contributed by atoms with Crippen molar-refractivity contribution in [3.63, 3.8) is 0 Å². The monoisotopic (exact) mass is 397 g/mol. The molecule has 10 nitrogen and oxygen atoms in total. The number of nitrogens with zero attached hydrogens (tertiary/aromatic N) is 2. The Balaban J connectivity index is 1.87. The molecule has 29 heavy (non-hydrogen) atoms. The van der Waals surface area contributed by atoms with Crippen molar-refractivity contribution in [2.45, 2.75) is 24.8 Å². The molecule has 4 rings (SSSR count). The summed E-state index contributed by atoms with van der Waals surface area (Å²) in [5.74, 6) is 1.77. The molecule has 10 heteroatoms. The van der Waals surface area contributed by atoms with Crippen molar-refractivity contribution in [3.8, 4) is 0 Å². The SMILES string of the molecule is N/C=C\N(N)C(O)(O)c1ccc2c3c(cccc13)C(=O)N2C1CCC(=O)NC1=O. The van der Waals surface area contributed by atoms with Crippen molar-refractivity contribution in [2.75, 3.05) is 4.90 Å². The zero-order chi connectivity index (χ0) is 20.9. The molecule has 2 aliphatic heterocycles. The Labute approximate surface area is 164 Å². The maximum absolute atomic E-state index is 13.1. The molecule has 2 aliphatic rings.